The first-order valence-electron chi connectivity index (χ1n) is 6.73. The SMILES string of the molecule is C=CCN(CCO)C(=O)N1CCc2ccc(C(=O)O)cc21. The van der Waals surface area contributed by atoms with Crippen LogP contribution < -0.4 is 4.90 Å². The number of rotatable bonds is 5. The van der Waals surface area contributed by atoms with Gasteiger partial charge in [-0.2, -0.15) is 0 Å². The second kappa shape index (κ2) is 6.41. The number of carbonyl (C=O) groups is 2. The number of aliphatic hydroxyl groups excluding tert-OH is 1. The second-order valence-electron chi connectivity index (χ2n) is 4.79. The summed E-state index contributed by atoms with van der Waals surface area (Å²) in [5.74, 6) is -1.02. The first-order valence-corrected chi connectivity index (χ1v) is 6.73. The molecule has 0 saturated heterocycles. The molecule has 1 aliphatic rings. The van der Waals surface area contributed by atoms with Crippen molar-refractivity contribution in [2.24, 2.45) is 0 Å². The van der Waals surface area contributed by atoms with Crippen molar-refractivity contribution in [3.8, 4) is 0 Å². The summed E-state index contributed by atoms with van der Waals surface area (Å²) in [4.78, 5) is 26.6. The fraction of sp³-hybridized carbons (Fsp3) is 0.333. The van der Waals surface area contributed by atoms with Gasteiger partial charge in [-0.15, -0.1) is 6.58 Å². The Balaban J connectivity index is 2.27. The number of aliphatic hydroxyl groups is 1. The maximum atomic E-state index is 12.5. The second-order valence-corrected chi connectivity index (χ2v) is 4.79. The molecule has 2 N–H and O–H groups in total. The van der Waals surface area contributed by atoms with E-state index in [-0.39, 0.29) is 24.7 Å². The van der Waals surface area contributed by atoms with E-state index in [1.807, 2.05) is 0 Å². The zero-order valence-corrected chi connectivity index (χ0v) is 11.7. The number of fused-ring (bicyclic) bond motifs is 1. The Morgan fingerprint density at radius 1 is 1.43 bits per heavy atom. The Labute approximate surface area is 122 Å². The smallest absolute Gasteiger partial charge is 0.335 e. The van der Waals surface area contributed by atoms with Gasteiger partial charge in [0.2, 0.25) is 0 Å². The van der Waals surface area contributed by atoms with Gasteiger partial charge in [-0.05, 0) is 24.1 Å². The van der Waals surface area contributed by atoms with Crippen molar-refractivity contribution in [2.75, 3.05) is 31.1 Å². The highest BCUT2D eigenvalue weighted by atomic mass is 16.4. The first kappa shape index (κ1) is 15.1. The highest BCUT2D eigenvalue weighted by molar-refractivity contribution is 5.97. The number of nitrogens with zero attached hydrogens (tertiary/aromatic N) is 2. The molecule has 21 heavy (non-hydrogen) atoms. The number of hydrogen-bond donors (Lipinski definition) is 2. The van der Waals surface area contributed by atoms with Gasteiger partial charge in [0.15, 0.2) is 0 Å². The molecule has 1 aromatic rings. The van der Waals surface area contributed by atoms with E-state index in [4.69, 9.17) is 10.2 Å². The lowest BCUT2D eigenvalue weighted by Crippen LogP contribution is -2.44. The van der Waals surface area contributed by atoms with E-state index < -0.39 is 5.97 Å². The lowest BCUT2D eigenvalue weighted by atomic mass is 10.1. The van der Waals surface area contributed by atoms with Crippen LogP contribution in [0.3, 0.4) is 0 Å². The minimum Gasteiger partial charge on any atom is -0.478 e. The van der Waals surface area contributed by atoms with E-state index in [9.17, 15) is 9.59 Å². The Kier molecular flexibility index (Phi) is 4.59. The van der Waals surface area contributed by atoms with Crippen molar-refractivity contribution in [3.05, 3.63) is 42.0 Å². The minimum absolute atomic E-state index is 0.130. The van der Waals surface area contributed by atoms with Crippen LogP contribution in [-0.4, -0.2) is 53.4 Å². The van der Waals surface area contributed by atoms with Crippen molar-refractivity contribution in [2.45, 2.75) is 6.42 Å². The molecule has 6 heteroatoms. The number of anilines is 1. The predicted octanol–water partition coefficient (Wildman–Crippen LogP) is 1.35. The zero-order valence-electron chi connectivity index (χ0n) is 11.7. The molecule has 0 unspecified atom stereocenters. The van der Waals surface area contributed by atoms with Crippen LogP contribution in [0.25, 0.3) is 0 Å². The molecule has 0 atom stereocenters. The highest BCUT2D eigenvalue weighted by Gasteiger charge is 2.28. The van der Waals surface area contributed by atoms with Crippen molar-refractivity contribution >= 4 is 17.7 Å². The summed E-state index contributed by atoms with van der Waals surface area (Å²) in [6.07, 6.45) is 2.29. The Bertz CT molecular complexity index is 571. The molecule has 0 aliphatic carbocycles. The van der Waals surface area contributed by atoms with Crippen LogP contribution in [0.4, 0.5) is 10.5 Å². The number of carboxylic acids is 1. The quantitative estimate of drug-likeness (QED) is 0.802. The topological polar surface area (TPSA) is 81.1 Å². The average Bonchev–Trinajstić information content (AvgIpc) is 2.89. The summed E-state index contributed by atoms with van der Waals surface area (Å²) in [5.41, 5.74) is 1.74. The number of urea groups is 1. The van der Waals surface area contributed by atoms with Gasteiger partial charge in [0, 0.05) is 25.3 Å². The van der Waals surface area contributed by atoms with Crippen molar-refractivity contribution in [1.82, 2.24) is 4.90 Å². The molecule has 112 valence electrons. The molecule has 0 spiro atoms. The molecule has 1 heterocycles. The maximum absolute atomic E-state index is 12.5. The van der Waals surface area contributed by atoms with E-state index in [0.29, 0.717) is 25.2 Å². The fourth-order valence-electron chi connectivity index (χ4n) is 2.42. The molecule has 1 aromatic carbocycles. The number of amides is 2. The van der Waals surface area contributed by atoms with E-state index in [1.54, 1.807) is 23.1 Å². The highest BCUT2D eigenvalue weighted by Crippen LogP contribution is 2.30. The van der Waals surface area contributed by atoms with Crippen LogP contribution in [0.1, 0.15) is 15.9 Å². The van der Waals surface area contributed by atoms with Crippen molar-refractivity contribution in [1.29, 1.82) is 0 Å². The Hall–Kier alpha value is -2.34. The van der Waals surface area contributed by atoms with E-state index in [2.05, 4.69) is 6.58 Å². The van der Waals surface area contributed by atoms with Gasteiger partial charge in [0.05, 0.1) is 12.2 Å². The lowest BCUT2D eigenvalue weighted by molar-refractivity contribution is 0.0697. The van der Waals surface area contributed by atoms with Gasteiger partial charge in [-0.3, -0.25) is 4.90 Å². The minimum atomic E-state index is -1.02. The number of carbonyl (C=O) groups excluding carboxylic acids is 1. The van der Waals surface area contributed by atoms with Crippen LogP contribution in [0.15, 0.2) is 30.9 Å². The monoisotopic (exact) mass is 290 g/mol. The molecule has 2 amide bonds. The predicted molar refractivity (Wildman–Crippen MR) is 78.7 cm³/mol. The van der Waals surface area contributed by atoms with E-state index in [0.717, 1.165) is 5.56 Å². The van der Waals surface area contributed by atoms with Gasteiger partial charge in [-0.25, -0.2) is 9.59 Å². The summed E-state index contributed by atoms with van der Waals surface area (Å²) in [7, 11) is 0. The van der Waals surface area contributed by atoms with Crippen LogP contribution in [0.2, 0.25) is 0 Å². The van der Waals surface area contributed by atoms with Crippen molar-refractivity contribution in [3.63, 3.8) is 0 Å². The molecule has 0 fully saturated rings. The summed E-state index contributed by atoms with van der Waals surface area (Å²) in [6.45, 7) is 4.54. The molecule has 1 aliphatic heterocycles. The van der Waals surface area contributed by atoms with Gasteiger partial charge >= 0.3 is 12.0 Å². The van der Waals surface area contributed by atoms with E-state index >= 15 is 0 Å². The normalized spacial score (nSPS) is 12.9. The van der Waals surface area contributed by atoms with E-state index in [1.165, 1.54) is 11.0 Å². The third kappa shape index (κ3) is 3.05. The maximum Gasteiger partial charge on any atom is 0.335 e. The number of aromatic carboxylic acids is 1. The summed E-state index contributed by atoms with van der Waals surface area (Å²) in [6, 6.07) is 4.57. The molecular formula is C15H18N2O4. The van der Waals surface area contributed by atoms with Crippen molar-refractivity contribution < 1.29 is 19.8 Å². The summed E-state index contributed by atoms with van der Waals surface area (Å²) < 4.78 is 0. The Morgan fingerprint density at radius 3 is 2.81 bits per heavy atom. The molecule has 2 rings (SSSR count). The zero-order chi connectivity index (χ0) is 15.4. The molecule has 0 bridgehead atoms. The Morgan fingerprint density at radius 2 is 2.19 bits per heavy atom. The fourth-order valence-corrected chi connectivity index (χ4v) is 2.42. The van der Waals surface area contributed by atoms with Crippen LogP contribution in [0.5, 0.6) is 0 Å². The third-order valence-electron chi connectivity index (χ3n) is 3.45. The standard InChI is InChI=1S/C15H18N2O4/c1-2-6-16(8-9-18)15(21)17-7-5-11-3-4-12(14(19)20)10-13(11)17/h2-4,10,18H,1,5-9H2,(H,19,20). The number of benzene rings is 1. The molecule has 0 aromatic heterocycles. The number of carboxylic acid groups (broad SMARTS) is 1. The van der Waals surface area contributed by atoms with Crippen LogP contribution >= 0.6 is 0 Å². The average molecular weight is 290 g/mol. The third-order valence-corrected chi connectivity index (χ3v) is 3.45. The summed E-state index contributed by atoms with van der Waals surface area (Å²) >= 11 is 0. The lowest BCUT2D eigenvalue weighted by Gasteiger charge is -2.27. The summed E-state index contributed by atoms with van der Waals surface area (Å²) in [5, 5.41) is 18.1. The largest absolute Gasteiger partial charge is 0.478 e. The number of hydrogen-bond acceptors (Lipinski definition) is 3. The van der Waals surface area contributed by atoms with Crippen LogP contribution in [-0.2, 0) is 6.42 Å². The van der Waals surface area contributed by atoms with Gasteiger partial charge in [0.25, 0.3) is 0 Å². The molecule has 0 radical (unpaired) electrons. The van der Waals surface area contributed by atoms with Crippen LogP contribution in [0, 0.1) is 0 Å². The van der Waals surface area contributed by atoms with Gasteiger partial charge in [0.1, 0.15) is 0 Å². The molecule has 0 saturated carbocycles. The van der Waals surface area contributed by atoms with Gasteiger partial charge in [-0.1, -0.05) is 12.1 Å². The molecular weight excluding hydrogens is 272 g/mol. The first-order chi connectivity index (χ1) is 10.1. The molecule has 6 nitrogen and oxygen atoms in total. The van der Waals surface area contributed by atoms with Gasteiger partial charge < -0.3 is 15.1 Å².